The molecule has 0 aliphatic rings. The molecule has 1 radical (unpaired) electrons. The molecule has 1 rings (SSSR count). The standard InChI is InChI=1S/C6H5O7S2/c7-14(8,9)6-4-2-1-3-5(6)13-15(10,11)12/h1-2,4H,(H,7,8,9)(H,10,11,12). The summed E-state index contributed by atoms with van der Waals surface area (Å²) in [5, 5.41) is 0. The zero-order valence-electron chi connectivity index (χ0n) is 6.98. The SMILES string of the molecule is O=S(=O)(O)Oc1[c]cccc1S(=O)(=O)O. The van der Waals surface area contributed by atoms with Crippen molar-refractivity contribution in [1.82, 2.24) is 0 Å². The largest absolute Gasteiger partial charge is 0.446 e. The summed E-state index contributed by atoms with van der Waals surface area (Å²) in [6.07, 6.45) is 0. The molecular weight excluding hydrogens is 248 g/mol. The first-order chi connectivity index (χ1) is 6.70. The van der Waals surface area contributed by atoms with Crippen LogP contribution in [0.25, 0.3) is 0 Å². The second-order valence-corrected chi connectivity index (χ2v) is 4.76. The number of hydrogen-bond donors (Lipinski definition) is 2. The van der Waals surface area contributed by atoms with Crippen LogP contribution >= 0.6 is 0 Å². The molecule has 0 saturated carbocycles. The Morgan fingerprint density at radius 1 is 1.20 bits per heavy atom. The van der Waals surface area contributed by atoms with E-state index in [9.17, 15) is 16.8 Å². The molecule has 7 nitrogen and oxygen atoms in total. The first-order valence-corrected chi connectivity index (χ1v) is 6.16. The van der Waals surface area contributed by atoms with Crippen molar-refractivity contribution in [3.8, 4) is 5.75 Å². The van der Waals surface area contributed by atoms with Crippen LogP contribution in [0.4, 0.5) is 0 Å². The van der Waals surface area contributed by atoms with Gasteiger partial charge in [-0.3, -0.25) is 9.11 Å². The van der Waals surface area contributed by atoms with Gasteiger partial charge in [-0.15, -0.1) is 0 Å². The lowest BCUT2D eigenvalue weighted by atomic mass is 10.3. The Balaban J connectivity index is 3.32. The average molecular weight is 253 g/mol. The second kappa shape index (κ2) is 3.77. The fourth-order valence-corrected chi connectivity index (χ4v) is 1.77. The first-order valence-electron chi connectivity index (χ1n) is 3.35. The van der Waals surface area contributed by atoms with Crippen molar-refractivity contribution >= 4 is 20.5 Å². The van der Waals surface area contributed by atoms with Crippen LogP contribution in [0.1, 0.15) is 0 Å². The van der Waals surface area contributed by atoms with E-state index in [0.717, 1.165) is 12.1 Å². The summed E-state index contributed by atoms with van der Waals surface area (Å²) >= 11 is 0. The van der Waals surface area contributed by atoms with Gasteiger partial charge in [0.1, 0.15) is 4.90 Å². The van der Waals surface area contributed by atoms with E-state index in [0.29, 0.717) is 0 Å². The molecule has 0 aliphatic carbocycles. The molecule has 0 aromatic heterocycles. The van der Waals surface area contributed by atoms with E-state index in [-0.39, 0.29) is 0 Å². The van der Waals surface area contributed by atoms with Gasteiger partial charge in [0.15, 0.2) is 5.75 Å². The quantitative estimate of drug-likeness (QED) is 0.723. The van der Waals surface area contributed by atoms with Crippen molar-refractivity contribution in [2.24, 2.45) is 0 Å². The lowest BCUT2D eigenvalue weighted by Crippen LogP contribution is -2.10. The van der Waals surface area contributed by atoms with Gasteiger partial charge in [0.05, 0.1) is 0 Å². The van der Waals surface area contributed by atoms with E-state index >= 15 is 0 Å². The van der Waals surface area contributed by atoms with Crippen molar-refractivity contribution in [3.05, 3.63) is 24.3 Å². The van der Waals surface area contributed by atoms with E-state index in [1.165, 1.54) is 6.07 Å². The predicted molar refractivity (Wildman–Crippen MR) is 47.3 cm³/mol. The zero-order valence-corrected chi connectivity index (χ0v) is 8.62. The average Bonchev–Trinajstić information content (AvgIpc) is 1.99. The molecule has 15 heavy (non-hydrogen) atoms. The molecule has 0 atom stereocenters. The molecule has 1 aromatic carbocycles. The third-order valence-electron chi connectivity index (χ3n) is 1.25. The van der Waals surface area contributed by atoms with Crippen LogP contribution in [-0.2, 0) is 20.5 Å². The molecule has 0 saturated heterocycles. The minimum atomic E-state index is -4.87. The molecule has 0 unspecified atom stereocenters. The molecule has 0 fully saturated rings. The van der Waals surface area contributed by atoms with Crippen LogP contribution in [0.2, 0.25) is 0 Å². The highest BCUT2D eigenvalue weighted by Crippen LogP contribution is 2.23. The van der Waals surface area contributed by atoms with Crippen LogP contribution in [0.15, 0.2) is 23.1 Å². The van der Waals surface area contributed by atoms with E-state index < -0.39 is 31.2 Å². The molecular formula is C6H5O7S2. The van der Waals surface area contributed by atoms with Crippen molar-refractivity contribution in [2.45, 2.75) is 4.90 Å². The highest BCUT2D eigenvalue weighted by atomic mass is 32.3. The molecule has 0 heterocycles. The third kappa shape index (κ3) is 3.47. The second-order valence-electron chi connectivity index (χ2n) is 2.35. The Labute approximate surface area is 86.0 Å². The van der Waals surface area contributed by atoms with Gasteiger partial charge in [-0.1, -0.05) is 12.1 Å². The highest BCUT2D eigenvalue weighted by molar-refractivity contribution is 7.86. The van der Waals surface area contributed by atoms with Gasteiger partial charge in [0.25, 0.3) is 10.1 Å². The molecule has 0 bridgehead atoms. The minimum Gasteiger partial charge on any atom is -0.360 e. The normalized spacial score (nSPS) is 12.4. The Morgan fingerprint density at radius 2 is 1.80 bits per heavy atom. The fraction of sp³-hybridized carbons (Fsp3) is 0. The number of hydrogen-bond acceptors (Lipinski definition) is 5. The Bertz CT molecular complexity index is 557. The van der Waals surface area contributed by atoms with E-state index in [2.05, 4.69) is 10.2 Å². The fourth-order valence-electron chi connectivity index (χ4n) is 0.780. The van der Waals surface area contributed by atoms with Crippen molar-refractivity contribution in [1.29, 1.82) is 0 Å². The summed E-state index contributed by atoms with van der Waals surface area (Å²) in [5.74, 6) is -0.803. The summed E-state index contributed by atoms with van der Waals surface area (Å²) in [6.45, 7) is 0. The maximum atomic E-state index is 10.7. The van der Waals surface area contributed by atoms with Crippen LogP contribution in [0, 0.1) is 6.07 Å². The monoisotopic (exact) mass is 253 g/mol. The van der Waals surface area contributed by atoms with Gasteiger partial charge in [-0.05, 0) is 6.07 Å². The number of para-hydroxylation sites is 1. The summed E-state index contributed by atoms with van der Waals surface area (Å²) in [4.78, 5) is -0.803. The topological polar surface area (TPSA) is 118 Å². The minimum absolute atomic E-state index is 0.803. The first kappa shape index (κ1) is 11.9. The lowest BCUT2D eigenvalue weighted by molar-refractivity contribution is 0.381. The smallest absolute Gasteiger partial charge is 0.360 e. The van der Waals surface area contributed by atoms with Crippen LogP contribution in [0.3, 0.4) is 0 Å². The predicted octanol–water partition coefficient (Wildman–Crippen LogP) is -0.0849. The van der Waals surface area contributed by atoms with Crippen LogP contribution in [-0.4, -0.2) is 25.9 Å². The van der Waals surface area contributed by atoms with Crippen LogP contribution in [0.5, 0.6) is 5.75 Å². The zero-order chi connectivity index (χ0) is 11.7. The van der Waals surface area contributed by atoms with Crippen molar-refractivity contribution in [3.63, 3.8) is 0 Å². The molecule has 0 amide bonds. The third-order valence-corrected chi connectivity index (χ3v) is 2.50. The van der Waals surface area contributed by atoms with E-state index in [4.69, 9.17) is 9.11 Å². The maximum absolute atomic E-state index is 10.7. The number of benzene rings is 1. The van der Waals surface area contributed by atoms with Gasteiger partial charge in [0, 0.05) is 6.07 Å². The molecule has 9 heteroatoms. The number of rotatable bonds is 3. The van der Waals surface area contributed by atoms with E-state index in [1.807, 2.05) is 0 Å². The van der Waals surface area contributed by atoms with Gasteiger partial charge in [-0.25, -0.2) is 0 Å². The lowest BCUT2D eigenvalue weighted by Gasteiger charge is -2.04. The highest BCUT2D eigenvalue weighted by Gasteiger charge is 2.19. The van der Waals surface area contributed by atoms with Gasteiger partial charge < -0.3 is 4.18 Å². The molecule has 1 aromatic rings. The van der Waals surface area contributed by atoms with E-state index in [1.54, 1.807) is 0 Å². The Morgan fingerprint density at radius 3 is 2.27 bits per heavy atom. The summed E-state index contributed by atoms with van der Waals surface area (Å²) < 4.78 is 62.9. The molecule has 83 valence electrons. The van der Waals surface area contributed by atoms with Crippen molar-refractivity contribution < 1.29 is 30.1 Å². The summed E-state index contributed by atoms with van der Waals surface area (Å²) in [7, 11) is -9.50. The van der Waals surface area contributed by atoms with Crippen LogP contribution < -0.4 is 4.18 Å². The molecule has 2 N–H and O–H groups in total. The Kier molecular flexibility index (Phi) is 3.00. The Hall–Kier alpha value is -1.16. The summed E-state index contributed by atoms with van der Waals surface area (Å²) in [5.41, 5.74) is 0. The summed E-state index contributed by atoms with van der Waals surface area (Å²) in [6, 6.07) is 5.34. The van der Waals surface area contributed by atoms with Gasteiger partial charge in [0.2, 0.25) is 0 Å². The molecule has 0 spiro atoms. The molecule has 0 aliphatic heterocycles. The van der Waals surface area contributed by atoms with Crippen molar-refractivity contribution in [2.75, 3.05) is 0 Å². The van der Waals surface area contributed by atoms with Gasteiger partial charge in [-0.2, -0.15) is 16.8 Å². The maximum Gasteiger partial charge on any atom is 0.446 e. The van der Waals surface area contributed by atoms with Gasteiger partial charge >= 0.3 is 10.4 Å².